The fourth-order valence-corrected chi connectivity index (χ4v) is 21.1. The summed E-state index contributed by atoms with van der Waals surface area (Å²) in [4.78, 5) is 85.0. The number of esters is 1. The molecule has 577 valence electrons. The Hall–Kier alpha value is -10.7. The molecule has 0 unspecified atom stereocenters. The number of fused-ring (bicyclic) bond motifs is 39. The van der Waals surface area contributed by atoms with Gasteiger partial charge in [-0.2, -0.15) is 0 Å². The van der Waals surface area contributed by atoms with Gasteiger partial charge in [0.1, 0.15) is 24.5 Å². The SMILES string of the molecule is CCOCC.CN1Cc2c(c3c4ccccc4n4c3c3c2c2ccccc2n3[C@@]2(C)O[C@@H]4C[C@]2(O)C=O)C1=O.COC(=O)[C@@]1(O)C[C@H]2O[C@]1(C)n1c3ccccc3c3c4c(c5c6ccccc6n2c5c31)C(=O)N(C)C4.C[C@@H]1C(=O)C[C@H]2O[C@]1(C)n1c3ccccc3c3c4c(c5c6ccccc6n2c5c31)C(=O)N(C)C4.FB(F)F.[B].[H-].[Li+]. The Kier molecular flexibility index (Phi) is 17.0. The predicted molar refractivity (Wildman–Crippen MR) is 430 cm³/mol. The third-order valence-electron chi connectivity index (χ3n) is 26.0. The molecule has 9 aliphatic rings. The van der Waals surface area contributed by atoms with E-state index < -0.39 is 60.6 Å². The maximum Gasteiger partial charge on any atom is 1.00 e. The Labute approximate surface area is 670 Å². The number of carbonyl (C=O) groups excluding carboxylic acids is 6. The fourth-order valence-electron chi connectivity index (χ4n) is 21.1. The second kappa shape index (κ2) is 25.9. The fraction of sp³-hybridized carbons (Fsp3) is 0.310. The largest absolute Gasteiger partial charge is 1.00 e. The molecule has 0 saturated carbocycles. The molecule has 9 aromatic carbocycles. The summed E-state index contributed by atoms with van der Waals surface area (Å²) >= 11 is 0. The number of rotatable bonds is 4. The third-order valence-corrected chi connectivity index (χ3v) is 26.0. The van der Waals surface area contributed by atoms with Gasteiger partial charge in [0.05, 0.1) is 102 Å². The zero-order valence-corrected chi connectivity index (χ0v) is 65.1. The van der Waals surface area contributed by atoms with Gasteiger partial charge in [0.25, 0.3) is 17.7 Å². The van der Waals surface area contributed by atoms with Gasteiger partial charge < -0.3 is 77.4 Å². The maximum atomic E-state index is 13.6. The minimum atomic E-state index is -3.67. The van der Waals surface area contributed by atoms with Crippen molar-refractivity contribution in [3.63, 3.8) is 0 Å². The minimum Gasteiger partial charge on any atom is -1.00 e. The van der Waals surface area contributed by atoms with Gasteiger partial charge in [0.2, 0.25) is 5.60 Å². The summed E-state index contributed by atoms with van der Waals surface area (Å²) in [6.07, 6.45) is -0.537. The number of aliphatic hydroxyl groups is 2. The molecular weight excluding hydrogens is 1460 g/mol. The van der Waals surface area contributed by atoms with Crippen molar-refractivity contribution in [1.29, 1.82) is 0 Å². The molecule has 9 atom stereocenters. The Balaban J connectivity index is 0.000000117. The van der Waals surface area contributed by atoms with E-state index in [9.17, 15) is 51.9 Å². The van der Waals surface area contributed by atoms with Crippen molar-refractivity contribution in [2.75, 3.05) is 41.5 Å². The standard InChI is InChI=1S/C28H23N3O5.C28H23N3O3.C27H21N3O4.C4H10O.BF3.B.Li.H/c1-27-28(34,26(33)35-3)12-19(36-27)30-17-10-6-4-8-14(17)21-22-16(13-29(2)25(22)32)20-15-9-5-7-11-18(15)31(27)24(20)23(21)30;1-14-20(32)12-21-30-18-10-6-4-8-15(18)23-24-17(13-29(3)27(24)33)22-16-9-5-7-11-19(16)31(26(22)25(23)30)28(14,2)34-21;1-26-27(33,13-31)11-19(34-26)29-17-9-5-3-7-14(17)21-22-16(12-28(2)25(22)32)20-15-8-4-6-10-18(15)30(26)24(20)23(21)29;1-3-5-4-2;2-1(3)4;;;/h4-11,19,34H,12-13H2,1-3H3;4-11,14,21H,12-13H2,1-3H3;3-10,13,19,33H,11-12H2,1-2H3;3-4H2,1-2H3;;;;/q;;;;;;+1;-1/t19-,27+,28+;14-,21-,28+;19-,26+,27+;;;;;/m111...../s1. The van der Waals surface area contributed by atoms with Crippen LogP contribution in [0.1, 0.15) is 129 Å². The van der Waals surface area contributed by atoms with Crippen LogP contribution in [0.3, 0.4) is 0 Å². The molecule has 28 heteroatoms. The van der Waals surface area contributed by atoms with E-state index in [0.717, 1.165) is 177 Å². The first-order chi connectivity index (χ1) is 54.3. The Morgan fingerprint density at radius 2 is 0.826 bits per heavy atom. The first kappa shape index (κ1) is 75.6. The predicted octanol–water partition coefficient (Wildman–Crippen LogP) is 12.0. The van der Waals surface area contributed by atoms with Crippen LogP contribution in [0.4, 0.5) is 12.9 Å². The van der Waals surface area contributed by atoms with E-state index in [1.54, 1.807) is 23.6 Å². The number of methoxy groups -OCH3 is 1. The molecule has 3 saturated heterocycles. The number of hydrogen-bond donors (Lipinski definition) is 2. The Bertz CT molecular complexity index is 6880. The summed E-state index contributed by atoms with van der Waals surface area (Å²) in [5, 5.41) is 35.5. The number of amides is 3. The Morgan fingerprint density at radius 3 is 1.19 bits per heavy atom. The van der Waals surface area contributed by atoms with E-state index in [1.165, 1.54) is 7.11 Å². The summed E-state index contributed by atoms with van der Waals surface area (Å²) in [6.45, 7) is 14.8. The smallest absolute Gasteiger partial charge is 1.00 e. The van der Waals surface area contributed by atoms with Crippen molar-refractivity contribution < 1.29 is 95.9 Å². The van der Waals surface area contributed by atoms with Crippen molar-refractivity contribution >= 4 is 183 Å². The summed E-state index contributed by atoms with van der Waals surface area (Å²) < 4.78 is 71.8. The van der Waals surface area contributed by atoms with Crippen LogP contribution in [0.15, 0.2) is 146 Å². The summed E-state index contributed by atoms with van der Waals surface area (Å²) in [6, 6.07) is 48.4. The zero-order chi connectivity index (χ0) is 78.7. The van der Waals surface area contributed by atoms with Gasteiger partial charge in [-0.25, -0.2) is 4.79 Å². The third kappa shape index (κ3) is 9.42. The van der Waals surface area contributed by atoms with Gasteiger partial charge in [-0.1, -0.05) is 116 Å². The first-order valence-electron chi connectivity index (χ1n) is 38.1. The maximum absolute atomic E-state index is 13.6. The molecule has 15 heterocycles. The van der Waals surface area contributed by atoms with Crippen LogP contribution in [0, 0.1) is 5.92 Å². The number of carbonyl (C=O) groups is 6. The normalized spacial score (nSPS) is 24.7. The molecule has 0 aliphatic carbocycles. The van der Waals surface area contributed by atoms with Crippen molar-refractivity contribution in [2.45, 2.75) is 127 Å². The van der Waals surface area contributed by atoms with Gasteiger partial charge >= 0.3 is 32.4 Å². The van der Waals surface area contributed by atoms with Crippen LogP contribution < -0.4 is 18.9 Å². The molecule has 24 rings (SSSR count). The van der Waals surface area contributed by atoms with E-state index in [1.807, 2.05) is 177 Å². The molecule has 0 spiro atoms. The molecule has 3 radical (unpaired) electrons. The van der Waals surface area contributed by atoms with Gasteiger partial charge in [-0.3, -0.25) is 36.9 Å². The summed E-state index contributed by atoms with van der Waals surface area (Å²) in [5.41, 5.74) is 9.28. The monoisotopic (exact) mass is 1540 g/mol. The number of ketones is 1. The Morgan fingerprint density at radius 1 is 0.504 bits per heavy atom. The van der Waals surface area contributed by atoms with Crippen molar-refractivity contribution in [1.82, 2.24) is 42.1 Å². The number of halogens is 3. The second-order valence-corrected chi connectivity index (χ2v) is 31.6. The molecule has 6 bridgehead atoms. The molecule has 3 amide bonds. The number of hydrogen-bond acceptors (Lipinski definition) is 13. The van der Waals surface area contributed by atoms with Crippen molar-refractivity contribution in [3.8, 4) is 0 Å². The summed E-state index contributed by atoms with van der Waals surface area (Å²) in [5.74, 6) is -0.758. The number of para-hydroxylation sites is 6. The molecule has 3 fully saturated rings. The van der Waals surface area contributed by atoms with E-state index in [4.69, 9.17) is 23.7 Å². The van der Waals surface area contributed by atoms with Crippen molar-refractivity contribution in [3.05, 3.63) is 179 Å². The second-order valence-electron chi connectivity index (χ2n) is 31.6. The topological polar surface area (TPSA) is 228 Å². The van der Waals surface area contributed by atoms with Crippen LogP contribution >= 0.6 is 0 Å². The average molecular weight is 1540 g/mol. The number of ether oxygens (including phenoxy) is 5. The molecule has 15 aromatic rings. The van der Waals surface area contributed by atoms with Crippen LogP contribution in [-0.2, 0) is 74.9 Å². The number of aromatic nitrogens is 6. The van der Waals surface area contributed by atoms with Gasteiger partial charge in [0, 0.05) is 140 Å². The number of nitrogens with zero attached hydrogens (tertiary/aromatic N) is 9. The molecule has 9 aliphatic heterocycles. The number of Topliss-reactive ketones (excluding diaryl/α,β-unsaturated/α-hetero) is 1. The van der Waals surface area contributed by atoms with E-state index in [0.29, 0.717) is 32.3 Å². The van der Waals surface area contributed by atoms with Gasteiger partial charge in [-0.05, 0) is 87.7 Å². The molecule has 115 heavy (non-hydrogen) atoms. The molecule has 22 nitrogen and oxygen atoms in total. The minimum absolute atomic E-state index is 0. The molecule has 6 aromatic heterocycles. The first-order valence-corrected chi connectivity index (χ1v) is 38.1. The van der Waals surface area contributed by atoms with E-state index >= 15 is 0 Å². The van der Waals surface area contributed by atoms with Gasteiger partial charge in [-0.15, -0.1) is 0 Å². The number of aldehydes is 1. The number of benzene rings is 9. The van der Waals surface area contributed by atoms with Crippen LogP contribution in [0.25, 0.3) is 131 Å². The van der Waals surface area contributed by atoms with E-state index in [-0.39, 0.29) is 71.0 Å². The van der Waals surface area contributed by atoms with Crippen LogP contribution in [0.5, 0.6) is 0 Å². The summed E-state index contributed by atoms with van der Waals surface area (Å²) in [7, 11) is 3.16. The zero-order valence-electron chi connectivity index (χ0n) is 66.1. The van der Waals surface area contributed by atoms with Crippen LogP contribution in [0.2, 0.25) is 0 Å². The molecule has 2 N–H and O–H groups in total. The van der Waals surface area contributed by atoms with Crippen LogP contribution in [-0.4, -0.2) is 157 Å². The van der Waals surface area contributed by atoms with Crippen molar-refractivity contribution in [2.24, 2.45) is 5.92 Å². The quantitative estimate of drug-likeness (QED) is 0.0950. The van der Waals surface area contributed by atoms with Gasteiger partial charge in [0.15, 0.2) is 29.1 Å². The van der Waals surface area contributed by atoms with E-state index in [2.05, 4.69) is 49.5 Å². The average Bonchev–Trinajstić information content (AvgIpc) is 1.50. The molecular formula is C87H78B2F3LiN9O13.